The fourth-order valence-corrected chi connectivity index (χ4v) is 23.8. The van der Waals surface area contributed by atoms with Crippen LogP contribution in [-0.4, -0.2) is 65.7 Å². The molecule has 2 aromatic carbocycles. The van der Waals surface area contributed by atoms with Gasteiger partial charge in [0.15, 0.2) is 0 Å². The molecule has 2 N–H and O–H groups in total. The van der Waals surface area contributed by atoms with Crippen LogP contribution in [-0.2, 0) is 12.8 Å². The van der Waals surface area contributed by atoms with Crippen molar-refractivity contribution in [1.29, 1.82) is 0 Å². The number of unbranched alkanes of at least 4 members (excludes halogenated alkanes) is 18. The molecule has 0 aliphatic carbocycles. The van der Waals surface area contributed by atoms with Crippen molar-refractivity contribution >= 4 is 32.3 Å². The number of rotatable bonds is 38. The van der Waals surface area contributed by atoms with Gasteiger partial charge in [-0.2, -0.15) is 0 Å². The summed E-state index contributed by atoms with van der Waals surface area (Å²) in [6.45, 7) is 31.0. The number of aromatic nitrogens is 2. The van der Waals surface area contributed by atoms with Gasteiger partial charge in [-0.1, -0.05) is 302 Å². The molecule has 0 aliphatic rings. The minimum Gasteiger partial charge on any atom is -0.506 e. The van der Waals surface area contributed by atoms with Crippen LogP contribution in [0.25, 0.3) is 22.5 Å². The van der Waals surface area contributed by atoms with Gasteiger partial charge >= 0.3 is 0 Å². The van der Waals surface area contributed by atoms with E-state index in [1.165, 1.54) is 188 Å². The Balaban J connectivity index is 0. The monoisotopic (exact) mass is 1140 g/mol. The molecule has 4 aromatic rings. The smallest absolute Gasteiger partial charge is 0.137 e. The summed E-state index contributed by atoms with van der Waals surface area (Å²) in [6, 6.07) is 34.4. The molecule has 5 nitrogen and oxygen atoms in total. The molecule has 0 spiro atoms. The average Bonchev–Trinajstić information content (AvgIpc) is 3.37. The first-order valence-electron chi connectivity index (χ1n) is 30.8. The second-order valence-corrected chi connectivity index (χ2v) is 48.2. The van der Waals surface area contributed by atoms with Crippen molar-refractivity contribution in [2.45, 2.75) is 292 Å². The zero-order valence-corrected chi connectivity index (χ0v) is 54.9. The van der Waals surface area contributed by atoms with E-state index in [1.54, 1.807) is 12.1 Å². The molecule has 2 heterocycles. The quantitative estimate of drug-likeness (QED) is 0.0345. The van der Waals surface area contributed by atoms with Gasteiger partial charge in [-0.05, 0) is 73.9 Å². The van der Waals surface area contributed by atoms with Crippen LogP contribution in [0.3, 0.4) is 0 Å². The number of aliphatic hydroxyl groups excluding tert-OH is 1. The number of aliphatic hydroxyl groups is 1. The van der Waals surface area contributed by atoms with E-state index >= 15 is 0 Å². The fraction of sp³-hybridized carbons (Fsp3) is 0.681. The van der Waals surface area contributed by atoms with Crippen molar-refractivity contribution in [1.82, 2.24) is 9.97 Å². The van der Waals surface area contributed by atoms with Crippen LogP contribution in [0.2, 0.25) is 102 Å². The van der Waals surface area contributed by atoms with E-state index in [9.17, 15) is 5.11 Å². The standard InChI is InChI=1S/C34H59NOSi2.C19H25NO.C13H32OSi2.3CH4/c1-7-8-9-10-13-16-19-31-20-22-32(23-21-31)34-25-24-33(30-35-34)36-26-17-14-11-12-15-18-27-38(5,6)29-28-37(2,3)4;1-2-3-4-5-6-7-8-16-9-11-17(12-10-16)19-14-13-18(21)15-20-19;1-15(2,3)12-13-16(4,5)11-9-7-6-8-10-14;;;/h20-25,30H,7-19,26-29H2,1-6H3;9-15,21H,2-8H2,1H3;14H,6-13H2,1-5H3;3*1H4. The first-order valence-corrected chi connectivity index (χ1v) is 45.0. The van der Waals surface area contributed by atoms with Crippen molar-refractivity contribution in [2.75, 3.05) is 13.2 Å². The van der Waals surface area contributed by atoms with Crippen LogP contribution in [0.4, 0.5) is 0 Å². The molecule has 2 aromatic heterocycles. The van der Waals surface area contributed by atoms with Crippen molar-refractivity contribution in [3.63, 3.8) is 0 Å². The maximum Gasteiger partial charge on any atom is 0.137 e. The molecule has 0 saturated heterocycles. The minimum atomic E-state index is -0.962. The van der Waals surface area contributed by atoms with Crippen LogP contribution in [0, 0.1) is 0 Å². The summed E-state index contributed by atoms with van der Waals surface area (Å²) < 4.78 is 5.97. The Morgan fingerprint density at radius 2 is 0.756 bits per heavy atom. The number of aromatic hydroxyl groups is 1. The van der Waals surface area contributed by atoms with Gasteiger partial charge in [0.05, 0.1) is 30.4 Å². The highest BCUT2D eigenvalue weighted by molar-refractivity contribution is 6.82. The van der Waals surface area contributed by atoms with Gasteiger partial charge < -0.3 is 14.9 Å². The number of hydrogen-bond donors (Lipinski definition) is 2. The van der Waals surface area contributed by atoms with Crippen LogP contribution in [0.15, 0.2) is 85.2 Å². The Bertz CT molecular complexity index is 1960. The average molecular weight is 1150 g/mol. The third-order valence-electron chi connectivity index (χ3n) is 15.0. The largest absolute Gasteiger partial charge is 0.506 e. The highest BCUT2D eigenvalue weighted by atomic mass is 28.3. The van der Waals surface area contributed by atoms with Gasteiger partial charge in [0.1, 0.15) is 11.5 Å². The lowest BCUT2D eigenvalue weighted by atomic mass is 10.0. The summed E-state index contributed by atoms with van der Waals surface area (Å²) in [5, 5.41) is 18.0. The molecule has 448 valence electrons. The van der Waals surface area contributed by atoms with Crippen molar-refractivity contribution < 1.29 is 14.9 Å². The summed E-state index contributed by atoms with van der Waals surface area (Å²) >= 11 is 0. The Morgan fingerprint density at radius 3 is 1.13 bits per heavy atom. The summed E-state index contributed by atoms with van der Waals surface area (Å²) in [4.78, 5) is 8.89. The van der Waals surface area contributed by atoms with E-state index in [2.05, 4.69) is 150 Å². The predicted molar refractivity (Wildman–Crippen MR) is 365 cm³/mol. The van der Waals surface area contributed by atoms with Crippen molar-refractivity contribution in [3.05, 3.63) is 96.3 Å². The lowest BCUT2D eigenvalue weighted by molar-refractivity contribution is 0.283. The summed E-state index contributed by atoms with van der Waals surface area (Å²) in [5.41, 5.74) is 7.04. The molecule has 0 bridgehead atoms. The molecule has 0 amide bonds. The second kappa shape index (κ2) is 44.8. The van der Waals surface area contributed by atoms with Gasteiger partial charge in [0.2, 0.25) is 0 Å². The van der Waals surface area contributed by atoms with E-state index < -0.39 is 32.3 Å². The summed E-state index contributed by atoms with van der Waals surface area (Å²) in [5.74, 6) is 1.09. The molecule has 0 fully saturated rings. The van der Waals surface area contributed by atoms with Gasteiger partial charge in [-0.25, -0.2) is 0 Å². The molecule has 0 radical (unpaired) electrons. The number of benzene rings is 2. The topological polar surface area (TPSA) is 75.5 Å². The van der Waals surface area contributed by atoms with Gasteiger partial charge in [-0.15, -0.1) is 0 Å². The molecule has 0 aliphatic heterocycles. The zero-order valence-electron chi connectivity index (χ0n) is 50.9. The maximum absolute atomic E-state index is 9.26. The predicted octanol–water partition coefficient (Wildman–Crippen LogP) is 23.3. The van der Waals surface area contributed by atoms with E-state index in [-0.39, 0.29) is 28.0 Å². The molecule has 78 heavy (non-hydrogen) atoms. The lowest BCUT2D eigenvalue weighted by Gasteiger charge is -2.26. The van der Waals surface area contributed by atoms with Crippen LogP contribution >= 0.6 is 0 Å². The third kappa shape index (κ3) is 41.2. The molecule has 0 atom stereocenters. The number of pyridine rings is 2. The fourth-order valence-electron chi connectivity index (χ4n) is 9.44. The first kappa shape index (κ1) is 77.2. The van der Waals surface area contributed by atoms with E-state index in [0.29, 0.717) is 6.61 Å². The number of hydrogen-bond acceptors (Lipinski definition) is 5. The van der Waals surface area contributed by atoms with Crippen molar-refractivity contribution in [2.24, 2.45) is 0 Å². The highest BCUT2D eigenvalue weighted by Gasteiger charge is 2.25. The van der Waals surface area contributed by atoms with Gasteiger partial charge in [0, 0.05) is 50.0 Å². The first-order chi connectivity index (χ1) is 35.7. The third-order valence-corrected chi connectivity index (χ3v) is 26.1. The molecule has 4 rings (SSSR count). The second-order valence-electron chi connectivity index (χ2n) is 26.3. The van der Waals surface area contributed by atoms with E-state index in [0.717, 1.165) is 48.6 Å². The molecular formula is C69H128N2O3Si4. The molecule has 0 unspecified atom stereocenters. The molecule has 9 heteroatoms. The number of ether oxygens (including phenoxy) is 1. The Labute approximate surface area is 489 Å². The van der Waals surface area contributed by atoms with E-state index in [4.69, 9.17) is 9.84 Å². The Hall–Kier alpha value is -2.83. The summed E-state index contributed by atoms with van der Waals surface area (Å²) in [6.07, 6.45) is 34.8. The van der Waals surface area contributed by atoms with Crippen molar-refractivity contribution in [3.8, 4) is 34.0 Å². The minimum absolute atomic E-state index is 0. The number of aryl methyl sites for hydroxylation is 2. The molecular weight excluding hydrogens is 1020 g/mol. The van der Waals surface area contributed by atoms with Crippen LogP contribution in [0.5, 0.6) is 11.5 Å². The molecule has 0 saturated carbocycles. The highest BCUT2D eigenvalue weighted by Crippen LogP contribution is 2.28. The van der Waals surface area contributed by atoms with Gasteiger partial charge in [0.25, 0.3) is 0 Å². The number of nitrogens with zero attached hydrogens (tertiary/aromatic N) is 2. The van der Waals surface area contributed by atoms with Gasteiger partial charge in [-0.3, -0.25) is 9.97 Å². The Kier molecular flexibility index (Phi) is 44.3. The van der Waals surface area contributed by atoms with Crippen LogP contribution in [0.1, 0.15) is 189 Å². The zero-order chi connectivity index (χ0) is 55.3. The van der Waals surface area contributed by atoms with Crippen LogP contribution < -0.4 is 4.74 Å². The maximum atomic E-state index is 9.26. The lowest BCUT2D eigenvalue weighted by Crippen LogP contribution is -2.30. The SMILES string of the molecule is C.C.C.CCCCCCCCc1ccc(-c2ccc(O)cn2)cc1.CCCCCCCCc1ccc(-c2ccc(OCCCCCCCC[Si](C)(C)CC[Si](C)(C)C)cn2)cc1.C[Si](C)(C)CC[Si](C)(C)CCCCCCO. The summed E-state index contributed by atoms with van der Waals surface area (Å²) in [7, 11) is -3.56. The Morgan fingerprint density at radius 1 is 0.385 bits per heavy atom. The normalized spacial score (nSPS) is 11.5. The van der Waals surface area contributed by atoms with E-state index in [1.807, 2.05) is 12.3 Å².